The van der Waals surface area contributed by atoms with Crippen molar-refractivity contribution in [1.82, 2.24) is 0 Å². The van der Waals surface area contributed by atoms with E-state index in [-0.39, 0.29) is 0 Å². The van der Waals surface area contributed by atoms with Gasteiger partial charge in [-0.05, 0) is 11.1 Å². The summed E-state index contributed by atoms with van der Waals surface area (Å²) in [6.45, 7) is 4.59. The van der Waals surface area contributed by atoms with Crippen molar-refractivity contribution < 1.29 is 9.47 Å². The normalized spacial score (nSPS) is 33.0. The molecule has 0 saturated heterocycles. The van der Waals surface area contributed by atoms with Gasteiger partial charge in [-0.15, -0.1) is 0 Å². The molecule has 1 aromatic rings. The first-order valence-corrected chi connectivity index (χ1v) is 6.67. The quantitative estimate of drug-likeness (QED) is 0.788. The van der Waals surface area contributed by atoms with Crippen molar-refractivity contribution in [1.29, 1.82) is 5.26 Å². The van der Waals surface area contributed by atoms with E-state index in [1.54, 1.807) is 14.2 Å². The summed E-state index contributed by atoms with van der Waals surface area (Å²) >= 11 is 0. The van der Waals surface area contributed by atoms with Crippen LogP contribution in [-0.4, -0.2) is 20.1 Å². The van der Waals surface area contributed by atoms with Gasteiger partial charge in [-0.25, -0.2) is 4.99 Å². The highest BCUT2D eigenvalue weighted by Crippen LogP contribution is 2.79. The van der Waals surface area contributed by atoms with Gasteiger partial charge in [-0.3, -0.25) is 0 Å². The number of nitriles is 1. The van der Waals surface area contributed by atoms with E-state index in [4.69, 9.17) is 9.47 Å². The molecule has 1 aromatic carbocycles. The molecule has 0 N–H and O–H groups in total. The predicted octanol–water partition coefficient (Wildman–Crippen LogP) is 2.64. The Balaban J connectivity index is 2.36. The molecule has 104 valence electrons. The van der Waals surface area contributed by atoms with Crippen LogP contribution in [-0.2, 0) is 21.6 Å². The van der Waals surface area contributed by atoms with E-state index in [0.29, 0.717) is 12.4 Å². The zero-order valence-corrected chi connectivity index (χ0v) is 12.2. The maximum atomic E-state index is 9.89. The maximum Gasteiger partial charge on any atom is 0.208 e. The molecule has 4 nitrogen and oxygen atoms in total. The second-order valence-corrected chi connectivity index (χ2v) is 5.85. The van der Waals surface area contributed by atoms with Crippen LogP contribution in [0, 0.1) is 22.2 Å². The summed E-state index contributed by atoms with van der Waals surface area (Å²) in [6, 6.07) is 10.5. The van der Waals surface area contributed by atoms with Gasteiger partial charge in [0.15, 0.2) is 5.41 Å². The molecule has 1 heterocycles. The van der Waals surface area contributed by atoms with Gasteiger partial charge >= 0.3 is 0 Å². The van der Waals surface area contributed by atoms with Crippen LogP contribution in [0.25, 0.3) is 0 Å². The minimum Gasteiger partial charge on any atom is -0.483 e. The minimum absolute atomic E-state index is 0.394. The van der Waals surface area contributed by atoms with Crippen molar-refractivity contribution in [2.45, 2.75) is 26.0 Å². The first kappa shape index (κ1) is 13.1. The Kier molecular flexibility index (Phi) is 2.52. The van der Waals surface area contributed by atoms with E-state index in [9.17, 15) is 5.26 Å². The first-order chi connectivity index (χ1) is 9.53. The Labute approximate surface area is 119 Å². The number of fused-ring (bicyclic) bond motifs is 3. The molecule has 1 aliphatic carbocycles. The molecule has 0 aromatic heterocycles. The van der Waals surface area contributed by atoms with E-state index in [1.807, 2.05) is 38.1 Å². The highest BCUT2D eigenvalue weighted by atomic mass is 16.5. The Morgan fingerprint density at radius 2 is 1.95 bits per heavy atom. The molecular formula is C16H18N2O2. The van der Waals surface area contributed by atoms with E-state index in [2.05, 4.69) is 11.1 Å². The largest absolute Gasteiger partial charge is 0.483 e. The van der Waals surface area contributed by atoms with Crippen LogP contribution in [0.3, 0.4) is 0 Å². The Morgan fingerprint density at radius 1 is 1.25 bits per heavy atom. The smallest absolute Gasteiger partial charge is 0.208 e. The average Bonchev–Trinajstić information content (AvgIpc) is 2.96. The van der Waals surface area contributed by atoms with E-state index >= 15 is 0 Å². The third-order valence-electron chi connectivity index (χ3n) is 5.06. The fourth-order valence-electron chi connectivity index (χ4n) is 4.07. The molecule has 4 heteroatoms. The van der Waals surface area contributed by atoms with Crippen molar-refractivity contribution in [3.63, 3.8) is 0 Å². The molecule has 0 spiro atoms. The van der Waals surface area contributed by atoms with Crippen LogP contribution in [0.5, 0.6) is 0 Å². The molecular weight excluding hydrogens is 252 g/mol. The van der Waals surface area contributed by atoms with Gasteiger partial charge in [0.25, 0.3) is 0 Å². The van der Waals surface area contributed by atoms with E-state index in [1.165, 1.54) is 0 Å². The van der Waals surface area contributed by atoms with Gasteiger partial charge < -0.3 is 9.47 Å². The van der Waals surface area contributed by atoms with Crippen molar-refractivity contribution in [3.05, 3.63) is 35.4 Å². The second kappa shape index (κ2) is 3.83. The van der Waals surface area contributed by atoms with Gasteiger partial charge in [0, 0.05) is 12.5 Å². The first-order valence-electron chi connectivity index (χ1n) is 6.67. The van der Waals surface area contributed by atoms with E-state index in [0.717, 1.165) is 11.1 Å². The van der Waals surface area contributed by atoms with Crippen LogP contribution in [0.2, 0.25) is 0 Å². The zero-order valence-electron chi connectivity index (χ0n) is 12.2. The molecule has 1 aliphatic heterocycles. The molecule has 2 atom stereocenters. The van der Waals surface area contributed by atoms with Crippen LogP contribution in [0.4, 0.5) is 0 Å². The Hall–Kier alpha value is -1.86. The summed E-state index contributed by atoms with van der Waals surface area (Å²) in [6.07, 6.45) is 0. The summed E-state index contributed by atoms with van der Waals surface area (Å²) in [7, 11) is 3.24. The van der Waals surface area contributed by atoms with Crippen molar-refractivity contribution in [2.24, 2.45) is 15.8 Å². The van der Waals surface area contributed by atoms with Gasteiger partial charge in [0.05, 0.1) is 19.7 Å². The van der Waals surface area contributed by atoms with Gasteiger partial charge in [-0.2, -0.15) is 5.26 Å². The monoisotopic (exact) mass is 270 g/mol. The predicted molar refractivity (Wildman–Crippen MR) is 75.1 cm³/mol. The number of methoxy groups -OCH3 is 2. The third-order valence-corrected chi connectivity index (χ3v) is 5.06. The Morgan fingerprint density at radius 3 is 2.55 bits per heavy atom. The number of rotatable bonds is 1. The number of nitrogens with zero attached hydrogens (tertiary/aromatic N) is 2. The lowest BCUT2D eigenvalue weighted by molar-refractivity contribution is 0.0360. The lowest BCUT2D eigenvalue weighted by Crippen LogP contribution is -2.27. The summed E-state index contributed by atoms with van der Waals surface area (Å²) in [5, 5.41) is 9.89. The number of ether oxygens (including phenoxy) is 2. The Bertz CT molecular complexity index is 644. The summed E-state index contributed by atoms with van der Waals surface area (Å²) in [5.74, 6) is 0.475. The molecule has 0 bridgehead atoms. The molecule has 0 radical (unpaired) electrons. The molecule has 2 aliphatic rings. The number of hydrogen-bond acceptors (Lipinski definition) is 4. The number of benzene rings is 1. The van der Waals surface area contributed by atoms with Crippen molar-refractivity contribution >= 4 is 5.90 Å². The molecule has 1 fully saturated rings. The minimum atomic E-state index is -0.865. The van der Waals surface area contributed by atoms with Crippen LogP contribution in [0.15, 0.2) is 29.3 Å². The summed E-state index contributed by atoms with van der Waals surface area (Å²) in [4.78, 5) is 4.53. The number of aliphatic imine (C=N–C) groups is 1. The van der Waals surface area contributed by atoms with Crippen molar-refractivity contribution in [3.8, 4) is 6.07 Å². The zero-order chi connectivity index (χ0) is 14.6. The van der Waals surface area contributed by atoms with Crippen LogP contribution < -0.4 is 0 Å². The highest BCUT2D eigenvalue weighted by Gasteiger charge is 2.89. The highest BCUT2D eigenvalue weighted by molar-refractivity contribution is 5.94. The fourth-order valence-corrected chi connectivity index (χ4v) is 4.07. The SMILES string of the molecule is COC1=NCc2ccccc2C2(OC)C(C)(C)C12C#N. The summed E-state index contributed by atoms with van der Waals surface area (Å²) in [5.41, 5.74) is 0.179. The summed E-state index contributed by atoms with van der Waals surface area (Å²) < 4.78 is 11.4. The van der Waals surface area contributed by atoms with Gasteiger partial charge in [-0.1, -0.05) is 38.1 Å². The molecule has 20 heavy (non-hydrogen) atoms. The standard InChI is InChI=1S/C16H18N2O2/c1-14(2)15(10-17)13(19-3)18-9-11-7-5-6-8-12(11)16(14,15)20-4/h5-8H,9H2,1-4H3. The maximum absolute atomic E-state index is 9.89. The second-order valence-electron chi connectivity index (χ2n) is 5.85. The molecule has 2 unspecified atom stereocenters. The van der Waals surface area contributed by atoms with Crippen molar-refractivity contribution in [2.75, 3.05) is 14.2 Å². The van der Waals surface area contributed by atoms with E-state index < -0.39 is 16.4 Å². The lowest BCUT2D eigenvalue weighted by Gasteiger charge is -2.21. The van der Waals surface area contributed by atoms with Gasteiger partial charge in [0.1, 0.15) is 5.60 Å². The average molecular weight is 270 g/mol. The fraction of sp³-hybridized carbons (Fsp3) is 0.500. The topological polar surface area (TPSA) is 54.6 Å². The van der Waals surface area contributed by atoms with Crippen LogP contribution >= 0.6 is 0 Å². The lowest BCUT2D eigenvalue weighted by atomic mass is 9.94. The van der Waals surface area contributed by atoms with Gasteiger partial charge in [0.2, 0.25) is 5.90 Å². The molecule has 0 amide bonds. The molecule has 3 rings (SSSR count). The third kappa shape index (κ3) is 1.06. The molecule has 1 saturated carbocycles. The van der Waals surface area contributed by atoms with Crippen LogP contribution in [0.1, 0.15) is 25.0 Å². The number of hydrogen-bond donors (Lipinski definition) is 0.